The van der Waals surface area contributed by atoms with E-state index in [1.165, 1.54) is 12.8 Å². The SMILES string of the molecule is Nc1cc2c(cc1CS(=O)C1CCCC1)OCCO2. The van der Waals surface area contributed by atoms with Gasteiger partial charge in [-0.25, -0.2) is 0 Å². The fourth-order valence-electron chi connectivity index (χ4n) is 2.69. The Morgan fingerprint density at radius 3 is 2.47 bits per heavy atom. The minimum absolute atomic E-state index is 0.340. The molecule has 1 aliphatic heterocycles. The molecule has 19 heavy (non-hydrogen) atoms. The number of ether oxygens (including phenoxy) is 2. The Labute approximate surface area is 115 Å². The lowest BCUT2D eigenvalue weighted by molar-refractivity contribution is 0.171. The van der Waals surface area contributed by atoms with Crippen LogP contribution in [0.15, 0.2) is 12.1 Å². The maximum Gasteiger partial charge on any atom is 0.163 e. The van der Waals surface area contributed by atoms with E-state index < -0.39 is 10.8 Å². The van der Waals surface area contributed by atoms with Crippen molar-refractivity contribution in [2.75, 3.05) is 18.9 Å². The molecular formula is C14H19NO3S. The van der Waals surface area contributed by atoms with E-state index >= 15 is 0 Å². The molecule has 3 rings (SSSR count). The molecule has 1 saturated carbocycles. The summed E-state index contributed by atoms with van der Waals surface area (Å²) >= 11 is 0. The van der Waals surface area contributed by atoms with Crippen LogP contribution in [-0.4, -0.2) is 22.7 Å². The molecule has 4 nitrogen and oxygen atoms in total. The number of rotatable bonds is 3. The van der Waals surface area contributed by atoms with Crippen molar-refractivity contribution in [3.05, 3.63) is 17.7 Å². The molecule has 1 aromatic carbocycles. The van der Waals surface area contributed by atoms with Crippen LogP contribution >= 0.6 is 0 Å². The Morgan fingerprint density at radius 2 is 1.79 bits per heavy atom. The summed E-state index contributed by atoms with van der Waals surface area (Å²) in [5, 5.41) is 0.340. The number of benzene rings is 1. The zero-order chi connectivity index (χ0) is 13.2. The summed E-state index contributed by atoms with van der Waals surface area (Å²) in [6, 6.07) is 3.67. The second-order valence-corrected chi connectivity index (χ2v) is 6.84. The van der Waals surface area contributed by atoms with Gasteiger partial charge in [-0.2, -0.15) is 0 Å². The summed E-state index contributed by atoms with van der Waals surface area (Å²) in [7, 11) is -0.834. The molecule has 104 valence electrons. The highest BCUT2D eigenvalue weighted by atomic mass is 32.2. The lowest BCUT2D eigenvalue weighted by Crippen LogP contribution is -2.17. The number of anilines is 1. The minimum atomic E-state index is -0.834. The second-order valence-electron chi connectivity index (χ2n) is 5.13. The molecule has 1 aromatic rings. The van der Waals surface area contributed by atoms with Crippen molar-refractivity contribution in [3.8, 4) is 11.5 Å². The molecule has 2 aliphatic rings. The number of fused-ring (bicyclic) bond motifs is 1. The molecule has 1 aliphatic carbocycles. The van der Waals surface area contributed by atoms with Crippen LogP contribution in [0.2, 0.25) is 0 Å². The van der Waals surface area contributed by atoms with Crippen LogP contribution in [0, 0.1) is 0 Å². The van der Waals surface area contributed by atoms with E-state index in [9.17, 15) is 4.21 Å². The van der Waals surface area contributed by atoms with E-state index in [-0.39, 0.29) is 0 Å². The van der Waals surface area contributed by atoms with Gasteiger partial charge in [0.2, 0.25) is 0 Å². The molecule has 1 unspecified atom stereocenters. The Hall–Kier alpha value is -1.23. The van der Waals surface area contributed by atoms with E-state index in [2.05, 4.69) is 0 Å². The predicted octanol–water partition coefficient (Wildman–Crippen LogP) is 2.23. The predicted molar refractivity (Wildman–Crippen MR) is 75.9 cm³/mol. The fraction of sp³-hybridized carbons (Fsp3) is 0.571. The largest absolute Gasteiger partial charge is 0.486 e. The third kappa shape index (κ3) is 2.71. The van der Waals surface area contributed by atoms with Gasteiger partial charge in [-0.15, -0.1) is 0 Å². The van der Waals surface area contributed by atoms with Gasteiger partial charge >= 0.3 is 0 Å². The van der Waals surface area contributed by atoms with Crippen molar-refractivity contribution in [2.45, 2.75) is 36.7 Å². The molecule has 0 aromatic heterocycles. The Kier molecular flexibility index (Phi) is 3.64. The average molecular weight is 281 g/mol. The highest BCUT2D eigenvalue weighted by Gasteiger charge is 2.23. The summed E-state index contributed by atoms with van der Waals surface area (Å²) in [6.45, 7) is 1.11. The number of nitrogen functional groups attached to an aromatic ring is 1. The van der Waals surface area contributed by atoms with Gasteiger partial charge in [0.15, 0.2) is 11.5 Å². The van der Waals surface area contributed by atoms with Crippen molar-refractivity contribution in [1.29, 1.82) is 0 Å². The summed E-state index contributed by atoms with van der Waals surface area (Å²) in [6.07, 6.45) is 4.56. The van der Waals surface area contributed by atoms with Crippen molar-refractivity contribution in [2.24, 2.45) is 0 Å². The van der Waals surface area contributed by atoms with Gasteiger partial charge in [-0.05, 0) is 24.5 Å². The van der Waals surface area contributed by atoms with Crippen LogP contribution in [0.3, 0.4) is 0 Å². The number of hydrogen-bond acceptors (Lipinski definition) is 4. The van der Waals surface area contributed by atoms with E-state index in [4.69, 9.17) is 15.2 Å². The molecule has 0 spiro atoms. The first-order chi connectivity index (χ1) is 9.24. The molecule has 5 heteroatoms. The third-order valence-corrected chi connectivity index (χ3v) is 5.59. The molecular weight excluding hydrogens is 262 g/mol. The Morgan fingerprint density at radius 1 is 1.16 bits per heavy atom. The molecule has 2 N–H and O–H groups in total. The first-order valence-corrected chi connectivity index (χ1v) is 8.17. The van der Waals surface area contributed by atoms with Gasteiger partial charge in [0.05, 0.1) is 5.75 Å². The van der Waals surface area contributed by atoms with Crippen LogP contribution in [0.1, 0.15) is 31.2 Å². The highest BCUT2D eigenvalue weighted by Crippen LogP contribution is 2.35. The van der Waals surface area contributed by atoms with E-state index in [0.29, 0.717) is 35.7 Å². The smallest absolute Gasteiger partial charge is 0.163 e. The van der Waals surface area contributed by atoms with Crippen LogP contribution in [0.4, 0.5) is 5.69 Å². The second kappa shape index (κ2) is 5.41. The maximum atomic E-state index is 12.3. The van der Waals surface area contributed by atoms with Crippen LogP contribution in [0.5, 0.6) is 11.5 Å². The molecule has 0 bridgehead atoms. The Bertz CT molecular complexity index is 498. The zero-order valence-corrected chi connectivity index (χ0v) is 11.7. The quantitative estimate of drug-likeness (QED) is 0.863. The van der Waals surface area contributed by atoms with Gasteiger partial charge < -0.3 is 15.2 Å². The summed E-state index contributed by atoms with van der Waals surface area (Å²) < 4.78 is 23.3. The van der Waals surface area contributed by atoms with Gasteiger partial charge in [0.25, 0.3) is 0 Å². The molecule has 0 radical (unpaired) electrons. The monoisotopic (exact) mass is 281 g/mol. The van der Waals surface area contributed by atoms with E-state index in [1.807, 2.05) is 6.07 Å². The van der Waals surface area contributed by atoms with Gasteiger partial charge in [0, 0.05) is 27.8 Å². The van der Waals surface area contributed by atoms with Crippen molar-refractivity contribution in [1.82, 2.24) is 0 Å². The van der Waals surface area contributed by atoms with Gasteiger partial charge in [-0.1, -0.05) is 12.8 Å². The summed E-state index contributed by atoms with van der Waals surface area (Å²) in [5.41, 5.74) is 7.58. The number of hydrogen-bond donors (Lipinski definition) is 1. The first-order valence-electron chi connectivity index (χ1n) is 6.79. The maximum absolute atomic E-state index is 12.3. The van der Waals surface area contributed by atoms with Gasteiger partial charge in [0.1, 0.15) is 13.2 Å². The van der Waals surface area contributed by atoms with E-state index in [0.717, 1.165) is 24.2 Å². The lowest BCUT2D eigenvalue weighted by atomic mass is 10.2. The number of nitrogens with two attached hydrogens (primary N) is 1. The van der Waals surface area contributed by atoms with Crippen molar-refractivity contribution in [3.63, 3.8) is 0 Å². The summed E-state index contributed by atoms with van der Waals surface area (Å²) in [4.78, 5) is 0. The molecule has 0 amide bonds. The fourth-order valence-corrected chi connectivity index (χ4v) is 4.35. The first kappa shape index (κ1) is 12.8. The Balaban J connectivity index is 1.78. The topological polar surface area (TPSA) is 61.6 Å². The van der Waals surface area contributed by atoms with Crippen LogP contribution < -0.4 is 15.2 Å². The van der Waals surface area contributed by atoms with Crippen LogP contribution in [0.25, 0.3) is 0 Å². The van der Waals surface area contributed by atoms with Crippen LogP contribution in [-0.2, 0) is 16.6 Å². The zero-order valence-electron chi connectivity index (χ0n) is 10.9. The summed E-state index contributed by atoms with van der Waals surface area (Å²) in [5.74, 6) is 1.94. The molecule has 1 fully saturated rings. The standard InChI is InChI=1S/C14H19NO3S/c15-12-8-14-13(17-5-6-18-14)7-10(12)9-19(16)11-3-1-2-4-11/h7-8,11H,1-6,9,15H2. The normalized spacial score (nSPS) is 20.4. The van der Waals surface area contributed by atoms with E-state index in [1.54, 1.807) is 6.07 Å². The lowest BCUT2D eigenvalue weighted by Gasteiger charge is -2.20. The third-order valence-electron chi connectivity index (χ3n) is 3.78. The van der Waals surface area contributed by atoms with Gasteiger partial charge in [-0.3, -0.25) is 4.21 Å². The van der Waals surface area contributed by atoms with Crippen molar-refractivity contribution >= 4 is 16.5 Å². The minimum Gasteiger partial charge on any atom is -0.486 e. The highest BCUT2D eigenvalue weighted by molar-refractivity contribution is 7.84. The molecule has 0 saturated heterocycles. The van der Waals surface area contributed by atoms with Crippen molar-refractivity contribution < 1.29 is 13.7 Å². The average Bonchev–Trinajstić information content (AvgIpc) is 2.93. The molecule has 1 atom stereocenters. The molecule has 1 heterocycles.